The van der Waals surface area contributed by atoms with E-state index in [1.165, 1.54) is 25.7 Å². The van der Waals surface area contributed by atoms with Gasteiger partial charge in [0.15, 0.2) is 11.5 Å². The zero-order valence-electron chi connectivity index (χ0n) is 12.3. The SMILES string of the molecule is C[C@H](NC(=O)CSC1CCCC1)c1ccc2c(c1)OCO2. The Morgan fingerprint density at radius 1 is 1.33 bits per heavy atom. The van der Waals surface area contributed by atoms with Gasteiger partial charge in [0.2, 0.25) is 12.7 Å². The summed E-state index contributed by atoms with van der Waals surface area (Å²) >= 11 is 1.79. The number of fused-ring (bicyclic) bond motifs is 1. The molecule has 1 N–H and O–H groups in total. The lowest BCUT2D eigenvalue weighted by Crippen LogP contribution is -2.28. The first-order valence-electron chi connectivity index (χ1n) is 7.53. The van der Waals surface area contributed by atoms with E-state index in [1.807, 2.05) is 25.1 Å². The molecule has 0 radical (unpaired) electrons. The number of benzene rings is 1. The molecule has 1 heterocycles. The van der Waals surface area contributed by atoms with E-state index in [-0.39, 0.29) is 18.7 Å². The van der Waals surface area contributed by atoms with Crippen LogP contribution in [0.1, 0.15) is 44.2 Å². The van der Waals surface area contributed by atoms with Crippen LogP contribution < -0.4 is 14.8 Å². The van der Waals surface area contributed by atoms with Crippen molar-refractivity contribution in [3.8, 4) is 11.5 Å². The van der Waals surface area contributed by atoms with Crippen molar-refractivity contribution in [1.82, 2.24) is 5.32 Å². The molecule has 1 aromatic rings. The third kappa shape index (κ3) is 3.64. The molecular weight excluding hydrogens is 286 g/mol. The average Bonchev–Trinajstić information content (AvgIpc) is 3.15. The summed E-state index contributed by atoms with van der Waals surface area (Å²) in [5.41, 5.74) is 1.04. The lowest BCUT2D eigenvalue weighted by atomic mass is 10.1. The maximum absolute atomic E-state index is 12.0. The Morgan fingerprint density at radius 2 is 2.10 bits per heavy atom. The minimum atomic E-state index is -0.0174. The quantitative estimate of drug-likeness (QED) is 0.907. The van der Waals surface area contributed by atoms with Gasteiger partial charge in [-0.25, -0.2) is 0 Å². The molecule has 3 rings (SSSR count). The van der Waals surface area contributed by atoms with E-state index in [1.54, 1.807) is 11.8 Å². The molecule has 1 fully saturated rings. The molecule has 1 aliphatic heterocycles. The third-order valence-corrected chi connectivity index (χ3v) is 5.40. The fourth-order valence-electron chi connectivity index (χ4n) is 2.80. The molecule has 1 atom stereocenters. The molecule has 0 unspecified atom stereocenters. The van der Waals surface area contributed by atoms with Crippen LogP contribution in [0.4, 0.5) is 0 Å². The average molecular weight is 307 g/mol. The van der Waals surface area contributed by atoms with Crippen LogP contribution in [0.3, 0.4) is 0 Å². The van der Waals surface area contributed by atoms with Crippen molar-refractivity contribution in [3.05, 3.63) is 23.8 Å². The summed E-state index contributed by atoms with van der Waals surface area (Å²) in [6, 6.07) is 5.80. The second-order valence-corrected chi connectivity index (χ2v) is 6.91. The van der Waals surface area contributed by atoms with Crippen LogP contribution in [0.25, 0.3) is 0 Å². The van der Waals surface area contributed by atoms with Crippen molar-refractivity contribution >= 4 is 17.7 Å². The van der Waals surface area contributed by atoms with Gasteiger partial charge in [0.05, 0.1) is 11.8 Å². The first-order valence-corrected chi connectivity index (χ1v) is 8.58. The standard InChI is InChI=1S/C16H21NO3S/c1-11(12-6-7-14-15(8-12)20-10-19-14)17-16(18)9-21-13-4-2-3-5-13/h6-8,11,13H,2-5,9-10H2,1H3,(H,17,18)/t11-/m0/s1. The normalized spacial score (nSPS) is 18.7. The van der Waals surface area contributed by atoms with E-state index in [9.17, 15) is 4.79 Å². The molecule has 0 saturated heterocycles. The maximum Gasteiger partial charge on any atom is 0.231 e. The van der Waals surface area contributed by atoms with Crippen molar-refractivity contribution in [1.29, 1.82) is 0 Å². The molecule has 0 spiro atoms. The summed E-state index contributed by atoms with van der Waals surface area (Å²) < 4.78 is 10.7. The summed E-state index contributed by atoms with van der Waals surface area (Å²) in [4.78, 5) is 12.0. The molecule has 5 heteroatoms. The molecule has 1 aliphatic carbocycles. The highest BCUT2D eigenvalue weighted by molar-refractivity contribution is 8.00. The van der Waals surface area contributed by atoms with E-state index in [2.05, 4.69) is 5.32 Å². The van der Waals surface area contributed by atoms with E-state index < -0.39 is 0 Å². The topological polar surface area (TPSA) is 47.6 Å². The zero-order chi connectivity index (χ0) is 14.7. The lowest BCUT2D eigenvalue weighted by molar-refractivity contribution is -0.119. The molecule has 21 heavy (non-hydrogen) atoms. The number of hydrogen-bond acceptors (Lipinski definition) is 4. The highest BCUT2D eigenvalue weighted by Gasteiger charge is 2.19. The first kappa shape index (κ1) is 14.6. The van der Waals surface area contributed by atoms with Crippen LogP contribution in [0, 0.1) is 0 Å². The Morgan fingerprint density at radius 3 is 2.90 bits per heavy atom. The predicted molar refractivity (Wildman–Crippen MR) is 83.8 cm³/mol. The van der Waals surface area contributed by atoms with Gasteiger partial charge in [-0.05, 0) is 37.5 Å². The number of carbonyl (C=O) groups excluding carboxylic acids is 1. The Balaban J connectivity index is 1.50. The number of amides is 1. The lowest BCUT2D eigenvalue weighted by Gasteiger charge is -2.15. The summed E-state index contributed by atoms with van der Waals surface area (Å²) in [7, 11) is 0. The number of nitrogens with one attached hydrogen (secondary N) is 1. The summed E-state index contributed by atoms with van der Waals surface area (Å²) in [5, 5.41) is 3.73. The highest BCUT2D eigenvalue weighted by atomic mass is 32.2. The van der Waals surface area contributed by atoms with Gasteiger partial charge in [0.25, 0.3) is 0 Å². The van der Waals surface area contributed by atoms with Crippen molar-refractivity contribution in [2.75, 3.05) is 12.5 Å². The van der Waals surface area contributed by atoms with Crippen LogP contribution >= 0.6 is 11.8 Å². The number of hydrogen-bond donors (Lipinski definition) is 1. The molecule has 2 aliphatic rings. The molecule has 114 valence electrons. The van der Waals surface area contributed by atoms with Crippen molar-refractivity contribution < 1.29 is 14.3 Å². The molecule has 1 saturated carbocycles. The van der Waals surface area contributed by atoms with E-state index in [0.717, 1.165) is 17.1 Å². The Hall–Kier alpha value is -1.36. The van der Waals surface area contributed by atoms with Gasteiger partial charge >= 0.3 is 0 Å². The largest absolute Gasteiger partial charge is 0.454 e. The molecular formula is C16H21NO3S. The molecule has 1 amide bonds. The Kier molecular flexibility index (Phi) is 4.58. The van der Waals surface area contributed by atoms with Gasteiger partial charge in [-0.15, -0.1) is 11.8 Å². The van der Waals surface area contributed by atoms with Gasteiger partial charge in [0.1, 0.15) is 0 Å². The smallest absolute Gasteiger partial charge is 0.231 e. The Bertz CT molecular complexity index is 514. The zero-order valence-corrected chi connectivity index (χ0v) is 13.1. The number of rotatable bonds is 5. The number of ether oxygens (including phenoxy) is 2. The second kappa shape index (κ2) is 6.60. The van der Waals surface area contributed by atoms with Crippen LogP contribution in [0.15, 0.2) is 18.2 Å². The number of thioether (sulfide) groups is 1. The molecule has 4 nitrogen and oxygen atoms in total. The van der Waals surface area contributed by atoms with Gasteiger partial charge in [-0.2, -0.15) is 0 Å². The van der Waals surface area contributed by atoms with E-state index in [0.29, 0.717) is 11.0 Å². The van der Waals surface area contributed by atoms with Gasteiger partial charge < -0.3 is 14.8 Å². The molecule has 1 aromatic carbocycles. The van der Waals surface area contributed by atoms with Crippen LogP contribution in [-0.4, -0.2) is 23.7 Å². The highest BCUT2D eigenvalue weighted by Crippen LogP contribution is 2.34. The fraction of sp³-hybridized carbons (Fsp3) is 0.562. The Labute approximate surface area is 129 Å². The predicted octanol–water partition coefficient (Wildman–Crippen LogP) is 3.27. The summed E-state index contributed by atoms with van der Waals surface area (Å²) in [6.07, 6.45) is 5.14. The molecule has 0 bridgehead atoms. The van der Waals surface area contributed by atoms with Gasteiger partial charge in [-0.1, -0.05) is 18.9 Å². The summed E-state index contributed by atoms with van der Waals surface area (Å²) in [6.45, 7) is 2.27. The first-order chi connectivity index (χ1) is 10.2. The minimum absolute atomic E-state index is 0.0174. The van der Waals surface area contributed by atoms with Crippen molar-refractivity contribution in [2.24, 2.45) is 0 Å². The van der Waals surface area contributed by atoms with E-state index >= 15 is 0 Å². The second-order valence-electron chi connectivity index (χ2n) is 5.62. The van der Waals surface area contributed by atoms with Gasteiger partial charge in [0, 0.05) is 5.25 Å². The number of carbonyl (C=O) groups is 1. The van der Waals surface area contributed by atoms with Crippen LogP contribution in [-0.2, 0) is 4.79 Å². The van der Waals surface area contributed by atoms with Crippen molar-refractivity contribution in [3.63, 3.8) is 0 Å². The third-order valence-electron chi connectivity index (χ3n) is 4.03. The van der Waals surface area contributed by atoms with Crippen molar-refractivity contribution in [2.45, 2.75) is 43.9 Å². The van der Waals surface area contributed by atoms with E-state index in [4.69, 9.17) is 9.47 Å². The van der Waals surface area contributed by atoms with Gasteiger partial charge in [-0.3, -0.25) is 4.79 Å². The fourth-order valence-corrected chi connectivity index (χ4v) is 3.93. The maximum atomic E-state index is 12.0. The van der Waals surface area contributed by atoms with Crippen LogP contribution in [0.5, 0.6) is 11.5 Å². The van der Waals surface area contributed by atoms with Crippen LogP contribution in [0.2, 0.25) is 0 Å². The monoisotopic (exact) mass is 307 g/mol. The summed E-state index contributed by atoms with van der Waals surface area (Å²) in [5.74, 6) is 2.19. The molecule has 0 aromatic heterocycles. The minimum Gasteiger partial charge on any atom is -0.454 e.